The molecule has 1 aromatic heterocycles. The lowest BCUT2D eigenvalue weighted by atomic mass is 10.2. The van der Waals surface area contributed by atoms with Crippen LogP contribution in [0.5, 0.6) is 11.5 Å². The average molecular weight is 478 g/mol. The summed E-state index contributed by atoms with van der Waals surface area (Å²) >= 11 is 0. The summed E-state index contributed by atoms with van der Waals surface area (Å²) in [4.78, 5) is 15.6. The molecule has 0 fully saturated rings. The van der Waals surface area contributed by atoms with E-state index in [1.807, 2.05) is 37.3 Å². The number of aryl methyl sites for hydroxylation is 2. The Hall–Kier alpha value is -4.11. The molecule has 0 saturated carbocycles. The Morgan fingerprint density at radius 3 is 2.62 bits per heavy atom. The van der Waals surface area contributed by atoms with Gasteiger partial charge in [0.1, 0.15) is 4.90 Å². The van der Waals surface area contributed by atoms with Crippen LogP contribution >= 0.6 is 0 Å². The smallest absolute Gasteiger partial charge is 0.339 e. The van der Waals surface area contributed by atoms with Crippen LogP contribution in [0, 0.1) is 13.8 Å². The van der Waals surface area contributed by atoms with Gasteiger partial charge in [-0.25, -0.2) is 5.43 Å². The van der Waals surface area contributed by atoms with Gasteiger partial charge in [0.25, 0.3) is 5.91 Å². The van der Waals surface area contributed by atoms with Gasteiger partial charge in [0.15, 0.2) is 11.5 Å². The molecule has 9 heteroatoms. The lowest BCUT2D eigenvalue weighted by molar-refractivity contribution is 0.0957. The topological polar surface area (TPSA) is 110 Å². The van der Waals surface area contributed by atoms with Crippen molar-refractivity contribution in [3.63, 3.8) is 0 Å². The number of methoxy groups -OCH3 is 1. The number of hydrogen-bond acceptors (Lipinski definition) is 6. The molecule has 0 bridgehead atoms. The number of nitrogens with one attached hydrogen (secondary N) is 2. The predicted molar refractivity (Wildman–Crippen MR) is 130 cm³/mol. The van der Waals surface area contributed by atoms with E-state index in [4.69, 9.17) is 8.92 Å². The van der Waals surface area contributed by atoms with Gasteiger partial charge >= 0.3 is 10.1 Å². The van der Waals surface area contributed by atoms with E-state index in [0.717, 1.165) is 16.5 Å². The van der Waals surface area contributed by atoms with Gasteiger partial charge in [-0.15, -0.1) is 0 Å². The van der Waals surface area contributed by atoms with E-state index in [1.165, 1.54) is 19.4 Å². The maximum Gasteiger partial charge on any atom is 0.339 e. The second kappa shape index (κ2) is 9.40. The molecule has 34 heavy (non-hydrogen) atoms. The van der Waals surface area contributed by atoms with Crippen molar-refractivity contribution in [2.24, 2.45) is 5.10 Å². The van der Waals surface area contributed by atoms with E-state index in [2.05, 4.69) is 15.5 Å². The van der Waals surface area contributed by atoms with Gasteiger partial charge in [-0.2, -0.15) is 13.5 Å². The lowest BCUT2D eigenvalue weighted by Gasteiger charge is -2.13. The monoisotopic (exact) mass is 477 g/mol. The molecule has 0 aliphatic carbocycles. The fourth-order valence-electron chi connectivity index (χ4n) is 3.46. The standard InChI is InChI=1S/C25H23N3O5S/c1-16-8-9-17(2)24(12-16)34(30,31)33-22-11-10-18(13-23(22)32-3)14-27-28-25(29)20-15-26-21-7-5-4-6-19(20)21/h4-15,26H,1-3H3,(H,28,29)/b27-14+. The maximum absolute atomic E-state index is 12.8. The number of amides is 1. The fraction of sp³-hybridized carbons (Fsp3) is 0.120. The van der Waals surface area contributed by atoms with Crippen molar-refractivity contribution in [3.8, 4) is 11.5 Å². The van der Waals surface area contributed by atoms with Crippen LogP contribution in [0.25, 0.3) is 10.9 Å². The van der Waals surface area contributed by atoms with Crippen molar-refractivity contribution in [1.82, 2.24) is 10.4 Å². The number of ether oxygens (including phenoxy) is 1. The van der Waals surface area contributed by atoms with Crippen LogP contribution in [-0.2, 0) is 10.1 Å². The summed E-state index contributed by atoms with van der Waals surface area (Å²) < 4.78 is 36.3. The molecule has 0 atom stereocenters. The van der Waals surface area contributed by atoms with Crippen molar-refractivity contribution < 1.29 is 22.1 Å². The first-order valence-electron chi connectivity index (χ1n) is 10.4. The van der Waals surface area contributed by atoms with Crippen LogP contribution in [0.15, 0.2) is 76.9 Å². The van der Waals surface area contributed by atoms with Crippen LogP contribution in [0.1, 0.15) is 27.0 Å². The second-order valence-corrected chi connectivity index (χ2v) is 9.18. The highest BCUT2D eigenvalue weighted by molar-refractivity contribution is 7.87. The van der Waals surface area contributed by atoms with Crippen LogP contribution in [0.2, 0.25) is 0 Å². The third-order valence-electron chi connectivity index (χ3n) is 5.21. The largest absolute Gasteiger partial charge is 0.493 e. The number of carbonyl (C=O) groups excluding carboxylic acids is 1. The zero-order valence-corrected chi connectivity index (χ0v) is 19.6. The highest BCUT2D eigenvalue weighted by Crippen LogP contribution is 2.31. The van der Waals surface area contributed by atoms with E-state index < -0.39 is 10.1 Å². The number of fused-ring (bicyclic) bond motifs is 1. The molecule has 0 aliphatic rings. The summed E-state index contributed by atoms with van der Waals surface area (Å²) in [5, 5.41) is 4.79. The average Bonchev–Trinajstić information content (AvgIpc) is 3.25. The molecule has 0 unspecified atom stereocenters. The number of hydrogen-bond donors (Lipinski definition) is 2. The Labute approximate surface area is 197 Å². The highest BCUT2D eigenvalue weighted by Gasteiger charge is 2.21. The van der Waals surface area contributed by atoms with Crippen molar-refractivity contribution in [2.75, 3.05) is 7.11 Å². The molecule has 4 aromatic rings. The molecule has 0 radical (unpaired) electrons. The third-order valence-corrected chi connectivity index (χ3v) is 6.59. The first-order valence-corrected chi connectivity index (χ1v) is 11.8. The summed E-state index contributed by atoms with van der Waals surface area (Å²) in [6, 6.07) is 17.2. The van der Waals surface area contributed by atoms with E-state index >= 15 is 0 Å². The zero-order chi connectivity index (χ0) is 24.3. The SMILES string of the molecule is COc1cc(/C=N/NC(=O)c2c[nH]c3ccccc23)ccc1OS(=O)(=O)c1cc(C)ccc1C. The number of H-pyrrole nitrogens is 1. The van der Waals surface area contributed by atoms with Crippen molar-refractivity contribution >= 4 is 33.1 Å². The van der Waals surface area contributed by atoms with E-state index in [-0.39, 0.29) is 22.3 Å². The van der Waals surface area contributed by atoms with E-state index in [1.54, 1.807) is 37.4 Å². The van der Waals surface area contributed by atoms with Gasteiger partial charge in [0.05, 0.1) is 18.9 Å². The van der Waals surface area contributed by atoms with Crippen molar-refractivity contribution in [1.29, 1.82) is 0 Å². The molecule has 174 valence electrons. The molecule has 0 saturated heterocycles. The second-order valence-electron chi connectivity index (χ2n) is 7.66. The van der Waals surface area contributed by atoms with Gasteiger partial charge in [-0.3, -0.25) is 4.79 Å². The molecule has 3 aromatic carbocycles. The number of para-hydroxylation sites is 1. The summed E-state index contributed by atoms with van der Waals surface area (Å²) in [5.74, 6) is -0.107. The number of hydrazone groups is 1. The summed E-state index contributed by atoms with van der Waals surface area (Å²) in [6.45, 7) is 3.52. The highest BCUT2D eigenvalue weighted by atomic mass is 32.2. The fourth-order valence-corrected chi connectivity index (χ4v) is 4.71. The van der Waals surface area contributed by atoms with Crippen LogP contribution in [0.3, 0.4) is 0 Å². The summed E-state index contributed by atoms with van der Waals surface area (Å²) in [6.07, 6.45) is 3.05. The van der Waals surface area contributed by atoms with Crippen molar-refractivity contribution in [2.45, 2.75) is 18.7 Å². The Bertz CT molecular complexity index is 1510. The zero-order valence-electron chi connectivity index (χ0n) is 18.8. The first kappa shape index (κ1) is 23.1. The Morgan fingerprint density at radius 2 is 1.82 bits per heavy atom. The maximum atomic E-state index is 12.8. The van der Waals surface area contributed by atoms with Crippen molar-refractivity contribution in [3.05, 3.63) is 89.1 Å². The third kappa shape index (κ3) is 4.79. The molecule has 1 amide bonds. The molecular formula is C25H23N3O5S. The molecule has 8 nitrogen and oxygen atoms in total. The predicted octanol–water partition coefficient (Wildman–Crippen LogP) is 4.32. The Morgan fingerprint density at radius 1 is 1.03 bits per heavy atom. The number of nitrogens with zero attached hydrogens (tertiary/aromatic N) is 1. The lowest BCUT2D eigenvalue weighted by Crippen LogP contribution is -2.17. The quantitative estimate of drug-likeness (QED) is 0.234. The van der Waals surface area contributed by atoms with Crippen LogP contribution in [-0.4, -0.2) is 32.6 Å². The molecule has 0 spiro atoms. The minimum absolute atomic E-state index is 0.0448. The van der Waals surface area contributed by atoms with Gasteiger partial charge in [0, 0.05) is 17.1 Å². The first-order chi connectivity index (χ1) is 16.3. The van der Waals surface area contributed by atoms with Crippen LogP contribution in [0.4, 0.5) is 0 Å². The van der Waals surface area contributed by atoms with E-state index in [9.17, 15) is 13.2 Å². The molecule has 4 rings (SSSR count). The number of rotatable bonds is 7. The number of aromatic nitrogens is 1. The molecule has 0 aliphatic heterocycles. The summed E-state index contributed by atoms with van der Waals surface area (Å²) in [5.41, 5.74) is 5.79. The minimum atomic E-state index is -4.06. The Balaban J connectivity index is 1.50. The van der Waals surface area contributed by atoms with E-state index in [0.29, 0.717) is 16.7 Å². The molecular weight excluding hydrogens is 454 g/mol. The van der Waals surface area contributed by atoms with Gasteiger partial charge in [-0.1, -0.05) is 30.3 Å². The minimum Gasteiger partial charge on any atom is -0.493 e. The van der Waals surface area contributed by atoms with Gasteiger partial charge in [-0.05, 0) is 60.9 Å². The van der Waals surface area contributed by atoms with Gasteiger partial charge < -0.3 is 13.9 Å². The molecule has 1 heterocycles. The van der Waals surface area contributed by atoms with Gasteiger partial charge in [0.2, 0.25) is 0 Å². The number of aromatic amines is 1. The van der Waals surface area contributed by atoms with Crippen LogP contribution < -0.4 is 14.3 Å². The summed E-state index contributed by atoms with van der Waals surface area (Å²) in [7, 11) is -2.65. The molecule has 2 N–H and O–H groups in total. The Kier molecular flexibility index (Phi) is 6.38. The number of benzene rings is 3. The normalized spacial score (nSPS) is 11.6. The number of carbonyl (C=O) groups is 1.